The van der Waals surface area contributed by atoms with Gasteiger partial charge in [-0.1, -0.05) is 18.2 Å². The second-order valence-electron chi connectivity index (χ2n) is 5.99. The van der Waals surface area contributed by atoms with Gasteiger partial charge >= 0.3 is 0 Å². The zero-order chi connectivity index (χ0) is 16.7. The van der Waals surface area contributed by atoms with Crippen LogP contribution in [0.3, 0.4) is 0 Å². The van der Waals surface area contributed by atoms with Crippen LogP contribution in [0.4, 0.5) is 0 Å². The number of aryl methyl sites for hydroxylation is 1. The van der Waals surface area contributed by atoms with Gasteiger partial charge in [0.15, 0.2) is 0 Å². The lowest BCUT2D eigenvalue weighted by atomic mass is 10.1. The number of fused-ring (bicyclic) bond motifs is 2. The number of nitrogens with one attached hydrogen (secondary N) is 2. The first kappa shape index (κ1) is 14.6. The number of aromatic nitrogens is 2. The van der Waals surface area contributed by atoms with Crippen LogP contribution in [0.15, 0.2) is 47.5 Å². The van der Waals surface area contributed by atoms with Gasteiger partial charge < -0.3 is 19.6 Å². The van der Waals surface area contributed by atoms with Crippen LogP contribution in [0.2, 0.25) is 0 Å². The fourth-order valence-electron chi connectivity index (χ4n) is 3.12. The number of amides is 1. The van der Waals surface area contributed by atoms with Gasteiger partial charge in [0.25, 0.3) is 11.5 Å². The highest BCUT2D eigenvalue weighted by molar-refractivity contribution is 6.05. The van der Waals surface area contributed by atoms with E-state index in [0.29, 0.717) is 23.0 Å². The van der Waals surface area contributed by atoms with Crippen LogP contribution in [-0.2, 0) is 13.5 Å². The van der Waals surface area contributed by atoms with Crippen molar-refractivity contribution >= 4 is 16.8 Å². The molecule has 1 aliphatic heterocycles. The van der Waals surface area contributed by atoms with Gasteiger partial charge in [0.1, 0.15) is 17.4 Å². The van der Waals surface area contributed by atoms with Crippen molar-refractivity contribution in [2.75, 3.05) is 6.54 Å². The average Bonchev–Trinajstić information content (AvgIpc) is 3.22. The molecule has 0 fully saturated rings. The van der Waals surface area contributed by atoms with E-state index in [1.165, 1.54) is 4.57 Å². The van der Waals surface area contributed by atoms with Gasteiger partial charge in [-0.2, -0.15) is 0 Å². The third-order valence-corrected chi connectivity index (χ3v) is 4.34. The summed E-state index contributed by atoms with van der Waals surface area (Å²) in [5, 5.41) is 3.54. The Labute approximate surface area is 138 Å². The van der Waals surface area contributed by atoms with Crippen LogP contribution in [0, 0.1) is 0 Å². The van der Waals surface area contributed by atoms with Crippen molar-refractivity contribution < 1.29 is 9.53 Å². The summed E-state index contributed by atoms with van der Waals surface area (Å²) in [6, 6.07) is 9.64. The topological polar surface area (TPSA) is 76.1 Å². The minimum Gasteiger partial charge on any atom is -0.488 e. The third kappa shape index (κ3) is 2.36. The number of hydrogen-bond donors (Lipinski definition) is 2. The SMILES string of the molecule is Cn1cc(C(=O)NCC2Cc3ccccc3O2)c2cc[nH]c2c1=O. The van der Waals surface area contributed by atoms with E-state index in [1.54, 1.807) is 25.5 Å². The first-order valence-corrected chi connectivity index (χ1v) is 7.83. The molecular weight excluding hydrogens is 306 g/mol. The molecule has 3 aromatic rings. The van der Waals surface area contributed by atoms with Crippen molar-refractivity contribution in [3.05, 3.63) is 64.2 Å². The normalized spacial score (nSPS) is 16.0. The van der Waals surface area contributed by atoms with Crippen LogP contribution in [-0.4, -0.2) is 28.1 Å². The molecule has 1 aliphatic rings. The van der Waals surface area contributed by atoms with E-state index < -0.39 is 0 Å². The molecule has 0 saturated heterocycles. The molecule has 2 N–H and O–H groups in total. The summed E-state index contributed by atoms with van der Waals surface area (Å²) in [6.45, 7) is 0.419. The van der Waals surface area contributed by atoms with Gasteiger partial charge in [-0.3, -0.25) is 9.59 Å². The largest absolute Gasteiger partial charge is 0.488 e. The number of benzene rings is 1. The Hall–Kier alpha value is -3.02. The van der Waals surface area contributed by atoms with Crippen LogP contribution in [0.25, 0.3) is 10.9 Å². The summed E-state index contributed by atoms with van der Waals surface area (Å²) in [7, 11) is 1.64. The molecular formula is C18H17N3O3. The maximum absolute atomic E-state index is 12.6. The summed E-state index contributed by atoms with van der Waals surface area (Å²) in [4.78, 5) is 27.5. The quantitative estimate of drug-likeness (QED) is 0.769. The maximum atomic E-state index is 12.6. The molecule has 1 unspecified atom stereocenters. The minimum absolute atomic E-state index is 0.0689. The number of para-hydroxylation sites is 1. The van der Waals surface area contributed by atoms with Crippen molar-refractivity contribution in [3.8, 4) is 5.75 Å². The summed E-state index contributed by atoms with van der Waals surface area (Å²) in [5.74, 6) is 0.668. The van der Waals surface area contributed by atoms with Gasteiger partial charge in [0.2, 0.25) is 0 Å². The van der Waals surface area contributed by atoms with Gasteiger partial charge in [0, 0.05) is 31.2 Å². The lowest BCUT2D eigenvalue weighted by Gasteiger charge is -2.13. The molecule has 1 amide bonds. The molecule has 0 radical (unpaired) electrons. The monoisotopic (exact) mass is 323 g/mol. The lowest BCUT2D eigenvalue weighted by molar-refractivity contribution is 0.0934. The number of carbonyl (C=O) groups is 1. The number of hydrogen-bond acceptors (Lipinski definition) is 3. The lowest BCUT2D eigenvalue weighted by Crippen LogP contribution is -2.35. The van der Waals surface area contributed by atoms with Gasteiger partial charge in [-0.25, -0.2) is 0 Å². The van der Waals surface area contributed by atoms with Gasteiger partial charge in [0.05, 0.1) is 12.1 Å². The Morgan fingerprint density at radius 2 is 2.21 bits per heavy atom. The van der Waals surface area contributed by atoms with E-state index in [4.69, 9.17) is 4.74 Å². The minimum atomic E-state index is -0.213. The summed E-state index contributed by atoms with van der Waals surface area (Å²) in [5.41, 5.74) is 1.92. The second-order valence-corrected chi connectivity index (χ2v) is 5.99. The molecule has 4 rings (SSSR count). The Bertz CT molecular complexity index is 962. The van der Waals surface area contributed by atoms with Crippen LogP contribution < -0.4 is 15.6 Å². The Kier molecular flexibility index (Phi) is 3.37. The predicted molar refractivity (Wildman–Crippen MR) is 90.4 cm³/mol. The second kappa shape index (κ2) is 5.56. The first-order valence-electron chi connectivity index (χ1n) is 7.83. The number of pyridine rings is 1. The molecule has 122 valence electrons. The number of carbonyl (C=O) groups excluding carboxylic acids is 1. The van der Waals surface area contributed by atoms with Crippen LogP contribution in [0.5, 0.6) is 5.75 Å². The first-order chi connectivity index (χ1) is 11.6. The number of rotatable bonds is 3. The van der Waals surface area contributed by atoms with Gasteiger partial charge in [-0.15, -0.1) is 0 Å². The van der Waals surface area contributed by atoms with Crippen molar-refractivity contribution in [1.29, 1.82) is 0 Å². The van der Waals surface area contributed by atoms with Crippen molar-refractivity contribution in [3.63, 3.8) is 0 Å². The fraction of sp³-hybridized carbons (Fsp3) is 0.222. The zero-order valence-electron chi connectivity index (χ0n) is 13.2. The van der Waals surface area contributed by atoms with Crippen LogP contribution >= 0.6 is 0 Å². The third-order valence-electron chi connectivity index (χ3n) is 4.34. The number of aromatic amines is 1. The number of H-pyrrole nitrogens is 1. The molecule has 24 heavy (non-hydrogen) atoms. The molecule has 3 heterocycles. The molecule has 2 aromatic heterocycles. The molecule has 0 aliphatic carbocycles. The smallest absolute Gasteiger partial charge is 0.274 e. The molecule has 6 heteroatoms. The molecule has 6 nitrogen and oxygen atoms in total. The molecule has 1 aromatic carbocycles. The Morgan fingerprint density at radius 1 is 1.38 bits per heavy atom. The van der Waals surface area contributed by atoms with Gasteiger partial charge in [-0.05, 0) is 17.7 Å². The van der Waals surface area contributed by atoms with Crippen molar-refractivity contribution in [2.45, 2.75) is 12.5 Å². The molecule has 0 spiro atoms. The van der Waals surface area contributed by atoms with E-state index in [-0.39, 0.29) is 17.6 Å². The van der Waals surface area contributed by atoms with E-state index in [9.17, 15) is 9.59 Å². The standard InChI is InChI=1S/C18H17N3O3/c1-21-10-14(13-6-7-19-16(13)18(21)23)17(22)20-9-12-8-11-4-2-3-5-15(11)24-12/h2-7,10,12,19H,8-9H2,1H3,(H,20,22). The van der Waals surface area contributed by atoms with E-state index in [2.05, 4.69) is 10.3 Å². The average molecular weight is 323 g/mol. The van der Waals surface area contributed by atoms with Crippen molar-refractivity contribution in [2.24, 2.45) is 7.05 Å². The number of nitrogens with zero attached hydrogens (tertiary/aromatic N) is 1. The predicted octanol–water partition coefficient (Wildman–Crippen LogP) is 1.60. The van der Waals surface area contributed by atoms with E-state index in [0.717, 1.165) is 17.7 Å². The highest BCUT2D eigenvalue weighted by Gasteiger charge is 2.23. The Balaban J connectivity index is 1.51. The highest BCUT2D eigenvalue weighted by Crippen LogP contribution is 2.27. The van der Waals surface area contributed by atoms with Crippen molar-refractivity contribution in [1.82, 2.24) is 14.9 Å². The summed E-state index contributed by atoms with van der Waals surface area (Å²) in [6.07, 6.45) is 3.95. The summed E-state index contributed by atoms with van der Waals surface area (Å²) < 4.78 is 7.24. The van der Waals surface area contributed by atoms with E-state index >= 15 is 0 Å². The molecule has 0 bridgehead atoms. The van der Waals surface area contributed by atoms with E-state index in [1.807, 2.05) is 24.3 Å². The zero-order valence-corrected chi connectivity index (χ0v) is 13.2. The highest BCUT2D eigenvalue weighted by atomic mass is 16.5. The molecule has 0 saturated carbocycles. The van der Waals surface area contributed by atoms with Crippen LogP contribution in [0.1, 0.15) is 15.9 Å². The molecule has 1 atom stereocenters. The Morgan fingerprint density at radius 3 is 3.04 bits per heavy atom. The number of ether oxygens (including phenoxy) is 1. The maximum Gasteiger partial charge on any atom is 0.274 e. The summed E-state index contributed by atoms with van der Waals surface area (Å²) >= 11 is 0. The fourth-order valence-corrected chi connectivity index (χ4v) is 3.12.